The molecule has 7 nitrogen and oxygen atoms in total. The van der Waals surface area contributed by atoms with Gasteiger partial charge in [0.15, 0.2) is 0 Å². The van der Waals surface area contributed by atoms with Gasteiger partial charge in [-0.1, -0.05) is 53.6 Å². The van der Waals surface area contributed by atoms with Crippen LogP contribution in [0.25, 0.3) is 0 Å². The van der Waals surface area contributed by atoms with Crippen LogP contribution in [0.4, 0.5) is 5.69 Å². The summed E-state index contributed by atoms with van der Waals surface area (Å²) in [6, 6.07) is 20.2. The number of nitrogens with zero attached hydrogens (tertiary/aromatic N) is 3. The van der Waals surface area contributed by atoms with Gasteiger partial charge in [-0.2, -0.15) is 0 Å². The third-order valence-corrected chi connectivity index (χ3v) is 10.1. The van der Waals surface area contributed by atoms with Crippen LogP contribution in [0.3, 0.4) is 0 Å². The number of fused-ring (bicyclic) bond motifs is 1. The van der Waals surface area contributed by atoms with Crippen molar-refractivity contribution < 1.29 is 13.2 Å². The SMILES string of the molecule is Cc1ccc(S(=O)(=O)N[C@H]2CCCc3ccc(N(Cc4nccn4C)C(=O)[C@@H]4C[C@H]4c4ccccc4Cl)cc32)cc1. The van der Waals surface area contributed by atoms with Gasteiger partial charge in [0.2, 0.25) is 15.9 Å². The lowest BCUT2D eigenvalue weighted by molar-refractivity contribution is -0.120. The Kier molecular flexibility index (Phi) is 7.49. The Bertz CT molecular complexity index is 1700. The number of carbonyl (C=O) groups excluding carboxylic acids is 1. The van der Waals surface area contributed by atoms with Crippen molar-refractivity contribution in [2.75, 3.05) is 4.90 Å². The molecule has 1 heterocycles. The van der Waals surface area contributed by atoms with Crippen LogP contribution in [0.1, 0.15) is 59.3 Å². The summed E-state index contributed by atoms with van der Waals surface area (Å²) in [5.74, 6) is 0.682. The minimum absolute atomic E-state index is 0.0189. The molecule has 6 rings (SSSR count). The Morgan fingerprint density at radius 2 is 1.88 bits per heavy atom. The number of nitrogens with one attached hydrogen (secondary N) is 1. The molecule has 1 N–H and O–H groups in total. The zero-order valence-electron chi connectivity index (χ0n) is 23.1. The second-order valence-electron chi connectivity index (χ2n) is 11.1. The van der Waals surface area contributed by atoms with Crippen molar-refractivity contribution in [3.8, 4) is 0 Å². The summed E-state index contributed by atoms with van der Waals surface area (Å²) >= 11 is 6.47. The lowest BCUT2D eigenvalue weighted by Crippen LogP contribution is -2.34. The first-order chi connectivity index (χ1) is 19.7. The number of benzene rings is 3. The molecule has 9 heteroatoms. The van der Waals surface area contributed by atoms with E-state index < -0.39 is 10.0 Å². The van der Waals surface area contributed by atoms with Gasteiger partial charge in [0.25, 0.3) is 0 Å². The van der Waals surface area contributed by atoms with E-state index in [0.29, 0.717) is 18.0 Å². The van der Waals surface area contributed by atoms with E-state index in [1.807, 2.05) is 67.2 Å². The second kappa shape index (κ2) is 11.1. The van der Waals surface area contributed by atoms with Gasteiger partial charge < -0.3 is 9.47 Å². The number of hydrogen-bond donors (Lipinski definition) is 1. The average Bonchev–Trinajstić information content (AvgIpc) is 3.65. The van der Waals surface area contributed by atoms with E-state index in [2.05, 4.69) is 9.71 Å². The van der Waals surface area contributed by atoms with Gasteiger partial charge in [0.05, 0.1) is 11.4 Å². The maximum absolute atomic E-state index is 14.1. The Morgan fingerprint density at radius 3 is 2.61 bits per heavy atom. The topological polar surface area (TPSA) is 84.3 Å². The molecule has 1 aromatic heterocycles. The number of rotatable bonds is 8. The molecule has 0 radical (unpaired) electrons. The summed E-state index contributed by atoms with van der Waals surface area (Å²) in [6.45, 7) is 2.24. The minimum Gasteiger partial charge on any atom is -0.337 e. The Labute approximate surface area is 246 Å². The van der Waals surface area contributed by atoms with E-state index in [-0.39, 0.29) is 28.7 Å². The van der Waals surface area contributed by atoms with Crippen LogP contribution in [-0.2, 0) is 34.8 Å². The summed E-state index contributed by atoms with van der Waals surface area (Å²) in [4.78, 5) is 20.6. The van der Waals surface area contributed by atoms with Crippen molar-refractivity contribution in [3.05, 3.63) is 112 Å². The number of anilines is 1. The molecular formula is C32H33ClN4O3S. The largest absolute Gasteiger partial charge is 0.337 e. The third-order valence-electron chi connectivity index (χ3n) is 8.28. The van der Waals surface area contributed by atoms with Crippen LogP contribution in [0.15, 0.2) is 84.0 Å². The number of carbonyl (C=O) groups is 1. The lowest BCUT2D eigenvalue weighted by atomic mass is 9.87. The molecule has 0 saturated heterocycles. The molecule has 2 aliphatic carbocycles. The van der Waals surface area contributed by atoms with Gasteiger partial charge in [-0.25, -0.2) is 18.1 Å². The van der Waals surface area contributed by atoms with Crippen molar-refractivity contribution in [2.24, 2.45) is 13.0 Å². The zero-order chi connectivity index (χ0) is 28.7. The molecule has 41 heavy (non-hydrogen) atoms. The molecule has 4 aromatic rings. The lowest BCUT2D eigenvalue weighted by Gasteiger charge is -2.29. The van der Waals surface area contributed by atoms with Gasteiger partial charge in [-0.05, 0) is 85.5 Å². The molecule has 3 atom stereocenters. The van der Waals surface area contributed by atoms with Crippen LogP contribution in [-0.4, -0.2) is 23.9 Å². The Hall–Kier alpha value is -3.46. The molecule has 1 fully saturated rings. The van der Waals surface area contributed by atoms with Crippen LogP contribution >= 0.6 is 11.6 Å². The van der Waals surface area contributed by atoms with Gasteiger partial charge >= 0.3 is 0 Å². The summed E-state index contributed by atoms with van der Waals surface area (Å²) in [7, 11) is -1.80. The number of aromatic nitrogens is 2. The predicted octanol–water partition coefficient (Wildman–Crippen LogP) is 6.07. The highest BCUT2D eigenvalue weighted by Crippen LogP contribution is 2.51. The van der Waals surface area contributed by atoms with E-state index in [1.54, 1.807) is 35.4 Å². The zero-order valence-corrected chi connectivity index (χ0v) is 24.7. The standard InChI is InChI=1S/C32H33ClN4O3S/c1-21-10-14-24(15-11-21)41(39,40)35-30-9-5-6-22-12-13-23(18-26(22)30)37(20-31-34-16-17-36(31)2)32(38)28-19-27(28)25-7-3-4-8-29(25)33/h3-4,7-8,10-18,27-28,30,35H,5-6,9,19-20H2,1-2H3/t27-,28+,30-/m0/s1. The molecule has 2 aliphatic rings. The smallest absolute Gasteiger partial charge is 0.241 e. The average molecular weight is 589 g/mol. The highest BCUT2D eigenvalue weighted by atomic mass is 35.5. The monoisotopic (exact) mass is 588 g/mol. The van der Waals surface area contributed by atoms with E-state index in [9.17, 15) is 13.2 Å². The quantitative estimate of drug-likeness (QED) is 0.271. The number of aryl methyl sites for hydroxylation is 3. The van der Waals surface area contributed by atoms with Crippen LogP contribution in [0.5, 0.6) is 0 Å². The Morgan fingerprint density at radius 1 is 1.10 bits per heavy atom. The molecule has 1 amide bonds. The first-order valence-electron chi connectivity index (χ1n) is 13.9. The highest BCUT2D eigenvalue weighted by molar-refractivity contribution is 7.89. The fourth-order valence-corrected chi connectivity index (χ4v) is 7.35. The normalized spacial score (nSPS) is 19.9. The molecule has 0 aliphatic heterocycles. The third kappa shape index (κ3) is 5.69. The van der Waals surface area contributed by atoms with Gasteiger partial charge in [0.1, 0.15) is 5.82 Å². The van der Waals surface area contributed by atoms with E-state index in [1.165, 1.54) is 0 Å². The molecule has 0 unspecified atom stereocenters. The highest BCUT2D eigenvalue weighted by Gasteiger charge is 2.47. The number of imidazole rings is 1. The van der Waals surface area contributed by atoms with Crippen LogP contribution in [0, 0.1) is 12.8 Å². The van der Waals surface area contributed by atoms with Crippen LogP contribution in [0.2, 0.25) is 5.02 Å². The number of halogens is 1. The molecule has 0 bridgehead atoms. The Balaban J connectivity index is 1.32. The summed E-state index contributed by atoms with van der Waals surface area (Å²) < 4.78 is 31.4. The van der Waals surface area contributed by atoms with E-state index in [0.717, 1.165) is 53.0 Å². The number of hydrogen-bond acceptors (Lipinski definition) is 4. The van der Waals surface area contributed by atoms with Gasteiger partial charge in [-0.15, -0.1) is 0 Å². The summed E-state index contributed by atoms with van der Waals surface area (Å²) in [6.07, 6.45) is 6.76. The van der Waals surface area contributed by atoms with Crippen molar-refractivity contribution in [1.29, 1.82) is 0 Å². The maximum Gasteiger partial charge on any atom is 0.241 e. The minimum atomic E-state index is -3.72. The first-order valence-corrected chi connectivity index (χ1v) is 15.8. The fraction of sp³-hybridized carbons (Fsp3) is 0.312. The van der Waals surface area contributed by atoms with Crippen molar-refractivity contribution >= 4 is 33.2 Å². The summed E-state index contributed by atoms with van der Waals surface area (Å²) in [5, 5.41) is 0.681. The molecule has 0 spiro atoms. The molecule has 212 valence electrons. The maximum atomic E-state index is 14.1. The van der Waals surface area contributed by atoms with Gasteiger partial charge in [-0.3, -0.25) is 4.79 Å². The predicted molar refractivity (Wildman–Crippen MR) is 160 cm³/mol. The second-order valence-corrected chi connectivity index (χ2v) is 13.2. The first kappa shape index (κ1) is 27.7. The van der Waals surface area contributed by atoms with E-state index in [4.69, 9.17) is 11.6 Å². The molecular weight excluding hydrogens is 556 g/mol. The van der Waals surface area contributed by atoms with E-state index >= 15 is 0 Å². The van der Waals surface area contributed by atoms with Crippen molar-refractivity contribution in [3.63, 3.8) is 0 Å². The number of amides is 1. The van der Waals surface area contributed by atoms with Crippen LogP contribution < -0.4 is 9.62 Å². The molecule has 3 aromatic carbocycles. The summed E-state index contributed by atoms with van der Waals surface area (Å²) in [5.41, 5.74) is 4.76. The van der Waals surface area contributed by atoms with Crippen molar-refractivity contribution in [2.45, 2.75) is 56.0 Å². The fourth-order valence-electron chi connectivity index (χ4n) is 5.82. The molecule has 1 saturated carbocycles. The number of sulfonamides is 1. The van der Waals surface area contributed by atoms with Gasteiger partial charge in [0, 0.05) is 42.1 Å². The van der Waals surface area contributed by atoms with Crippen molar-refractivity contribution in [1.82, 2.24) is 14.3 Å².